The minimum atomic E-state index is -0.296. The average molecular weight is 394 g/mol. The molecule has 0 radical (unpaired) electrons. The van der Waals surface area contributed by atoms with Crippen LogP contribution >= 0.6 is 11.3 Å². The molecule has 1 amide bonds. The largest absolute Gasteiger partial charge is 0.488 e. The number of ether oxygens (including phenoxy) is 1. The molecule has 2 heterocycles. The molecular formula is C20H18N4O3S. The standard InChI is InChI=1S/C20H18N4O3S/c1-11-17(12(2)27-24-11)10-26-18-9-15-7-5-4-6-14(15)8-16(18)19(25)21-20-23-22-13(3)28-20/h4-9H,10H2,1-3H3,(H,21,23,25). The molecule has 0 aliphatic rings. The second-order valence-electron chi connectivity index (χ2n) is 6.37. The number of anilines is 1. The highest BCUT2D eigenvalue weighted by Crippen LogP contribution is 2.29. The van der Waals surface area contributed by atoms with Gasteiger partial charge in [-0.15, -0.1) is 10.2 Å². The zero-order chi connectivity index (χ0) is 19.7. The van der Waals surface area contributed by atoms with Gasteiger partial charge in [0.1, 0.15) is 23.1 Å². The first-order valence-corrected chi connectivity index (χ1v) is 9.51. The fraction of sp³-hybridized carbons (Fsp3) is 0.200. The molecule has 4 aromatic rings. The number of aryl methyl sites for hydroxylation is 3. The Morgan fingerprint density at radius 1 is 1.14 bits per heavy atom. The molecule has 0 saturated carbocycles. The van der Waals surface area contributed by atoms with E-state index in [4.69, 9.17) is 9.26 Å². The van der Waals surface area contributed by atoms with Gasteiger partial charge in [-0.1, -0.05) is 40.8 Å². The molecule has 142 valence electrons. The molecule has 28 heavy (non-hydrogen) atoms. The van der Waals surface area contributed by atoms with Gasteiger partial charge in [0.05, 0.1) is 16.8 Å². The van der Waals surface area contributed by atoms with Crippen LogP contribution in [0.15, 0.2) is 40.9 Å². The van der Waals surface area contributed by atoms with Gasteiger partial charge in [0.2, 0.25) is 5.13 Å². The Bertz CT molecular complexity index is 1150. The van der Waals surface area contributed by atoms with Crippen LogP contribution in [0.25, 0.3) is 10.8 Å². The number of carbonyl (C=O) groups excluding carboxylic acids is 1. The Morgan fingerprint density at radius 3 is 2.54 bits per heavy atom. The quantitative estimate of drug-likeness (QED) is 0.538. The van der Waals surface area contributed by atoms with E-state index in [1.807, 2.05) is 57.2 Å². The van der Waals surface area contributed by atoms with Crippen molar-refractivity contribution in [2.75, 3.05) is 5.32 Å². The van der Waals surface area contributed by atoms with E-state index in [9.17, 15) is 4.79 Å². The summed E-state index contributed by atoms with van der Waals surface area (Å²) in [5.74, 6) is 0.890. The first-order valence-electron chi connectivity index (χ1n) is 8.70. The SMILES string of the molecule is Cc1nnc(NC(=O)c2cc3ccccc3cc2OCc2c(C)noc2C)s1. The van der Waals surface area contributed by atoms with E-state index in [1.165, 1.54) is 11.3 Å². The van der Waals surface area contributed by atoms with Gasteiger partial charge in [-0.25, -0.2) is 0 Å². The monoisotopic (exact) mass is 394 g/mol. The molecule has 0 unspecified atom stereocenters. The molecule has 2 aromatic carbocycles. The maximum absolute atomic E-state index is 12.9. The van der Waals surface area contributed by atoms with Crippen molar-refractivity contribution in [1.82, 2.24) is 15.4 Å². The van der Waals surface area contributed by atoms with Crippen molar-refractivity contribution in [3.8, 4) is 5.75 Å². The molecule has 2 aromatic heterocycles. The third-order valence-electron chi connectivity index (χ3n) is 4.39. The van der Waals surface area contributed by atoms with Crippen LogP contribution in [0, 0.1) is 20.8 Å². The lowest BCUT2D eigenvalue weighted by Crippen LogP contribution is -2.14. The van der Waals surface area contributed by atoms with E-state index < -0.39 is 0 Å². The number of nitrogens with one attached hydrogen (secondary N) is 1. The fourth-order valence-electron chi connectivity index (χ4n) is 2.89. The van der Waals surface area contributed by atoms with Crippen molar-refractivity contribution in [2.24, 2.45) is 0 Å². The zero-order valence-corrected chi connectivity index (χ0v) is 16.5. The predicted molar refractivity (Wildman–Crippen MR) is 107 cm³/mol. The van der Waals surface area contributed by atoms with Crippen molar-refractivity contribution < 1.29 is 14.1 Å². The molecule has 0 saturated heterocycles. The number of carbonyl (C=O) groups is 1. The van der Waals surface area contributed by atoms with Gasteiger partial charge < -0.3 is 9.26 Å². The number of nitrogens with zero attached hydrogens (tertiary/aromatic N) is 3. The number of rotatable bonds is 5. The van der Waals surface area contributed by atoms with Crippen molar-refractivity contribution in [2.45, 2.75) is 27.4 Å². The van der Waals surface area contributed by atoms with Gasteiger partial charge in [0.25, 0.3) is 5.91 Å². The van der Waals surface area contributed by atoms with Gasteiger partial charge in [0, 0.05) is 0 Å². The summed E-state index contributed by atoms with van der Waals surface area (Å²) in [6.07, 6.45) is 0. The zero-order valence-electron chi connectivity index (χ0n) is 15.6. The lowest BCUT2D eigenvalue weighted by molar-refractivity contribution is 0.102. The normalized spacial score (nSPS) is 11.0. The molecule has 0 spiro atoms. The lowest BCUT2D eigenvalue weighted by atomic mass is 10.1. The van der Waals surface area contributed by atoms with Gasteiger partial charge in [-0.3, -0.25) is 10.1 Å². The summed E-state index contributed by atoms with van der Waals surface area (Å²) in [7, 11) is 0. The van der Waals surface area contributed by atoms with Crippen molar-refractivity contribution in [1.29, 1.82) is 0 Å². The van der Waals surface area contributed by atoms with Gasteiger partial charge >= 0.3 is 0 Å². The fourth-order valence-corrected chi connectivity index (χ4v) is 3.47. The van der Waals surface area contributed by atoms with Crippen LogP contribution in [0.5, 0.6) is 5.75 Å². The Hall–Kier alpha value is -3.26. The van der Waals surface area contributed by atoms with Gasteiger partial charge in [-0.2, -0.15) is 0 Å². The molecule has 4 rings (SSSR count). The first kappa shape index (κ1) is 18.1. The van der Waals surface area contributed by atoms with Crippen LogP contribution in [-0.2, 0) is 6.61 Å². The predicted octanol–water partition coefficient (Wildman–Crippen LogP) is 4.44. The first-order chi connectivity index (χ1) is 13.5. The Morgan fingerprint density at radius 2 is 1.89 bits per heavy atom. The summed E-state index contributed by atoms with van der Waals surface area (Å²) >= 11 is 1.32. The highest BCUT2D eigenvalue weighted by molar-refractivity contribution is 7.15. The lowest BCUT2D eigenvalue weighted by Gasteiger charge is -2.12. The van der Waals surface area contributed by atoms with E-state index in [0.29, 0.717) is 22.2 Å². The number of benzene rings is 2. The maximum atomic E-state index is 12.9. The van der Waals surface area contributed by atoms with Crippen LogP contribution in [0.3, 0.4) is 0 Å². The maximum Gasteiger partial charge on any atom is 0.261 e. The summed E-state index contributed by atoms with van der Waals surface area (Å²) in [4.78, 5) is 12.9. The smallest absolute Gasteiger partial charge is 0.261 e. The third-order valence-corrected chi connectivity index (χ3v) is 5.15. The average Bonchev–Trinajstić information content (AvgIpc) is 3.24. The number of hydrogen-bond acceptors (Lipinski definition) is 7. The van der Waals surface area contributed by atoms with Gasteiger partial charge in [0.15, 0.2) is 0 Å². The highest BCUT2D eigenvalue weighted by atomic mass is 32.1. The van der Waals surface area contributed by atoms with Crippen LogP contribution in [0.4, 0.5) is 5.13 Å². The van der Waals surface area contributed by atoms with E-state index in [2.05, 4.69) is 20.7 Å². The van der Waals surface area contributed by atoms with Crippen LogP contribution in [0.1, 0.15) is 32.4 Å². The van der Waals surface area contributed by atoms with Crippen molar-refractivity contribution in [3.05, 3.63) is 64.0 Å². The van der Waals surface area contributed by atoms with Crippen LogP contribution in [0.2, 0.25) is 0 Å². The van der Waals surface area contributed by atoms with E-state index >= 15 is 0 Å². The number of amides is 1. The van der Waals surface area contributed by atoms with E-state index in [1.54, 1.807) is 0 Å². The van der Waals surface area contributed by atoms with Crippen LogP contribution in [-0.4, -0.2) is 21.3 Å². The molecule has 0 aliphatic carbocycles. The Labute approximate surface area is 165 Å². The summed E-state index contributed by atoms with van der Waals surface area (Å²) in [5, 5.41) is 17.8. The third kappa shape index (κ3) is 3.59. The van der Waals surface area contributed by atoms with Gasteiger partial charge in [-0.05, 0) is 43.7 Å². The molecule has 0 bridgehead atoms. The Balaban J connectivity index is 1.68. The summed E-state index contributed by atoms with van der Waals surface area (Å²) in [6.45, 7) is 5.80. The molecule has 8 heteroatoms. The highest BCUT2D eigenvalue weighted by Gasteiger charge is 2.18. The number of hydrogen-bond donors (Lipinski definition) is 1. The second-order valence-corrected chi connectivity index (χ2v) is 7.55. The van der Waals surface area contributed by atoms with E-state index in [0.717, 1.165) is 27.0 Å². The number of fused-ring (bicyclic) bond motifs is 1. The van der Waals surface area contributed by atoms with E-state index in [-0.39, 0.29) is 12.5 Å². The van der Waals surface area contributed by atoms with Crippen molar-refractivity contribution >= 4 is 33.1 Å². The minimum Gasteiger partial charge on any atom is -0.488 e. The minimum absolute atomic E-state index is 0.262. The van der Waals surface area contributed by atoms with Crippen LogP contribution < -0.4 is 10.1 Å². The second kappa shape index (κ2) is 7.40. The number of aromatic nitrogens is 3. The molecule has 7 nitrogen and oxygen atoms in total. The Kier molecular flexibility index (Phi) is 4.79. The molecule has 1 N–H and O–H groups in total. The molecule has 0 aliphatic heterocycles. The summed E-state index contributed by atoms with van der Waals surface area (Å²) in [6, 6.07) is 11.5. The molecule has 0 fully saturated rings. The topological polar surface area (TPSA) is 90.1 Å². The summed E-state index contributed by atoms with van der Waals surface area (Å²) < 4.78 is 11.2. The van der Waals surface area contributed by atoms with Crippen molar-refractivity contribution in [3.63, 3.8) is 0 Å². The molecule has 0 atom stereocenters. The molecular weight excluding hydrogens is 376 g/mol. The summed E-state index contributed by atoms with van der Waals surface area (Å²) in [5.41, 5.74) is 2.08.